The topological polar surface area (TPSA) is 37.4 Å². The Balaban J connectivity index is 1.74. The molecule has 0 unspecified atom stereocenters. The van der Waals surface area contributed by atoms with Gasteiger partial charge in [0.2, 0.25) is 0 Å². The van der Waals surface area contributed by atoms with Crippen molar-refractivity contribution in [2.24, 2.45) is 5.92 Å². The summed E-state index contributed by atoms with van der Waals surface area (Å²) in [6.45, 7) is 4.61. The summed E-state index contributed by atoms with van der Waals surface area (Å²) in [5.41, 5.74) is 3.59. The largest absolute Gasteiger partial charge is 0.273 e. The summed E-state index contributed by atoms with van der Waals surface area (Å²) in [6.07, 6.45) is 4.69. The Morgan fingerprint density at radius 1 is 1.04 bits per heavy atom. The lowest BCUT2D eigenvalue weighted by Crippen LogP contribution is -2.26. The lowest BCUT2D eigenvalue weighted by Gasteiger charge is -2.19. The van der Waals surface area contributed by atoms with Crippen molar-refractivity contribution in [2.45, 2.75) is 38.0 Å². The highest BCUT2D eigenvalue weighted by molar-refractivity contribution is 7.89. The second-order valence-electron chi connectivity index (χ2n) is 6.67. The highest BCUT2D eigenvalue weighted by atomic mass is 32.2. The fraction of sp³-hybridized carbons (Fsp3) is 0.333. The van der Waals surface area contributed by atoms with Crippen LogP contribution in [0.4, 0.5) is 0 Å². The second kappa shape index (κ2) is 7.44. The van der Waals surface area contributed by atoms with Gasteiger partial charge in [-0.2, -0.15) is 0 Å². The first kappa shape index (κ1) is 17.7. The average Bonchev–Trinajstić information content (AvgIpc) is 3.05. The molecule has 0 aromatic heterocycles. The van der Waals surface area contributed by atoms with E-state index in [9.17, 15) is 8.42 Å². The molecule has 3 rings (SSSR count). The van der Waals surface area contributed by atoms with E-state index < -0.39 is 10.0 Å². The maximum atomic E-state index is 12.9. The number of rotatable bonds is 6. The zero-order chi connectivity index (χ0) is 17.9. The van der Waals surface area contributed by atoms with Crippen molar-refractivity contribution in [3.63, 3.8) is 0 Å². The second-order valence-corrected chi connectivity index (χ2v) is 8.56. The Bertz CT molecular complexity index is 839. The van der Waals surface area contributed by atoms with Gasteiger partial charge in [-0.15, -0.1) is 0 Å². The Kier molecular flexibility index (Phi) is 5.28. The molecule has 0 spiro atoms. The van der Waals surface area contributed by atoms with Crippen LogP contribution in [0.25, 0.3) is 0 Å². The van der Waals surface area contributed by atoms with E-state index in [1.54, 1.807) is 12.1 Å². The third-order valence-corrected chi connectivity index (χ3v) is 6.63. The molecule has 1 aliphatic rings. The van der Waals surface area contributed by atoms with Crippen LogP contribution in [0.15, 0.2) is 71.3 Å². The van der Waals surface area contributed by atoms with E-state index in [1.165, 1.54) is 15.4 Å². The molecule has 2 aromatic carbocycles. The molecule has 1 aliphatic heterocycles. The number of aryl methyl sites for hydroxylation is 2. The van der Waals surface area contributed by atoms with E-state index in [4.69, 9.17) is 0 Å². The van der Waals surface area contributed by atoms with Gasteiger partial charge in [0.25, 0.3) is 10.0 Å². The van der Waals surface area contributed by atoms with Crippen LogP contribution in [-0.4, -0.2) is 19.3 Å². The molecule has 132 valence electrons. The molecule has 0 saturated heterocycles. The van der Waals surface area contributed by atoms with Crippen LogP contribution >= 0.6 is 0 Å². The van der Waals surface area contributed by atoms with Gasteiger partial charge in [-0.3, -0.25) is 4.31 Å². The van der Waals surface area contributed by atoms with E-state index in [-0.39, 0.29) is 0 Å². The van der Waals surface area contributed by atoms with E-state index in [2.05, 4.69) is 31.2 Å². The molecule has 0 aliphatic carbocycles. The predicted molar refractivity (Wildman–Crippen MR) is 102 cm³/mol. The van der Waals surface area contributed by atoms with E-state index in [1.807, 2.05) is 31.3 Å². The first-order valence-electron chi connectivity index (χ1n) is 8.83. The molecule has 0 saturated carbocycles. The molecular formula is C21H25NO2S. The Labute approximate surface area is 151 Å². The molecule has 0 bridgehead atoms. The number of nitrogens with zero attached hydrogens (tertiary/aromatic N) is 1. The maximum Gasteiger partial charge on any atom is 0.263 e. The van der Waals surface area contributed by atoms with Crippen LogP contribution in [0.1, 0.15) is 30.9 Å². The minimum atomic E-state index is -3.46. The third kappa shape index (κ3) is 3.96. The molecule has 0 fully saturated rings. The van der Waals surface area contributed by atoms with Crippen LogP contribution < -0.4 is 0 Å². The van der Waals surface area contributed by atoms with E-state index >= 15 is 0 Å². The van der Waals surface area contributed by atoms with Crippen molar-refractivity contribution in [3.05, 3.63) is 77.5 Å². The van der Waals surface area contributed by atoms with Gasteiger partial charge >= 0.3 is 0 Å². The van der Waals surface area contributed by atoms with E-state index in [0.29, 0.717) is 17.4 Å². The van der Waals surface area contributed by atoms with Crippen molar-refractivity contribution in [2.75, 3.05) is 6.54 Å². The van der Waals surface area contributed by atoms with Gasteiger partial charge in [-0.05, 0) is 49.5 Å². The SMILES string of the molecule is CCC1=CN(S(=O)(=O)c2ccc(C)cc2)C[C@H]1CCc1ccccc1. The fourth-order valence-electron chi connectivity index (χ4n) is 3.33. The normalized spacial score (nSPS) is 17.6. The zero-order valence-electron chi connectivity index (χ0n) is 14.9. The first-order valence-corrected chi connectivity index (χ1v) is 10.3. The predicted octanol–water partition coefficient (Wildman–Crippen LogP) is 4.54. The Morgan fingerprint density at radius 3 is 2.36 bits per heavy atom. The first-order chi connectivity index (χ1) is 12.0. The van der Waals surface area contributed by atoms with Gasteiger partial charge in [0.15, 0.2) is 0 Å². The number of sulfonamides is 1. The summed E-state index contributed by atoms with van der Waals surface area (Å²) in [5.74, 6) is 0.297. The summed E-state index contributed by atoms with van der Waals surface area (Å²) in [7, 11) is -3.46. The van der Waals surface area contributed by atoms with Crippen LogP contribution in [0.5, 0.6) is 0 Å². The molecule has 0 radical (unpaired) electrons. The minimum Gasteiger partial charge on any atom is -0.273 e. The van der Waals surface area contributed by atoms with Crippen molar-refractivity contribution in [1.29, 1.82) is 0 Å². The van der Waals surface area contributed by atoms with Gasteiger partial charge < -0.3 is 0 Å². The Morgan fingerprint density at radius 2 is 1.72 bits per heavy atom. The number of hydrogen-bond donors (Lipinski definition) is 0. The average molecular weight is 356 g/mol. The van der Waals surface area contributed by atoms with Gasteiger partial charge in [-0.25, -0.2) is 8.42 Å². The summed E-state index contributed by atoms with van der Waals surface area (Å²) in [5, 5.41) is 0. The third-order valence-electron chi connectivity index (χ3n) is 4.89. The maximum absolute atomic E-state index is 12.9. The summed E-state index contributed by atoms with van der Waals surface area (Å²) in [6, 6.07) is 17.5. The van der Waals surface area contributed by atoms with Crippen LogP contribution in [0, 0.1) is 12.8 Å². The molecule has 1 atom stereocenters. The van der Waals surface area contributed by atoms with Crippen molar-refractivity contribution < 1.29 is 8.42 Å². The molecular weight excluding hydrogens is 330 g/mol. The van der Waals surface area contributed by atoms with Gasteiger partial charge in [0, 0.05) is 18.7 Å². The van der Waals surface area contributed by atoms with Crippen LogP contribution in [-0.2, 0) is 16.4 Å². The highest BCUT2D eigenvalue weighted by Crippen LogP contribution is 2.32. The number of benzene rings is 2. The molecule has 3 nitrogen and oxygen atoms in total. The lowest BCUT2D eigenvalue weighted by atomic mass is 9.93. The number of hydrogen-bond acceptors (Lipinski definition) is 2. The summed E-state index contributed by atoms with van der Waals surface area (Å²) < 4.78 is 27.4. The van der Waals surface area contributed by atoms with Gasteiger partial charge in [-0.1, -0.05) is 55.0 Å². The molecule has 2 aromatic rings. The van der Waals surface area contributed by atoms with Crippen molar-refractivity contribution in [1.82, 2.24) is 4.31 Å². The molecule has 0 N–H and O–H groups in total. The molecule has 25 heavy (non-hydrogen) atoms. The van der Waals surface area contributed by atoms with Crippen LogP contribution in [0.3, 0.4) is 0 Å². The quantitative estimate of drug-likeness (QED) is 0.763. The minimum absolute atomic E-state index is 0.297. The zero-order valence-corrected chi connectivity index (χ0v) is 15.7. The van der Waals surface area contributed by atoms with Gasteiger partial charge in [0.05, 0.1) is 4.90 Å². The summed E-state index contributed by atoms with van der Waals surface area (Å²) in [4.78, 5) is 0.369. The molecule has 1 heterocycles. The molecule has 0 amide bonds. The standard InChI is InChI=1S/C21H25NO2S/c1-3-19-15-22(25(23,24)21-13-9-17(2)10-14-21)16-20(19)12-11-18-7-5-4-6-8-18/h4-10,13-15,20H,3,11-12,16H2,1-2H3/t20-/m1/s1. The van der Waals surface area contributed by atoms with Crippen LogP contribution in [0.2, 0.25) is 0 Å². The smallest absolute Gasteiger partial charge is 0.263 e. The monoisotopic (exact) mass is 355 g/mol. The molecule has 4 heteroatoms. The van der Waals surface area contributed by atoms with Crippen molar-refractivity contribution >= 4 is 10.0 Å². The van der Waals surface area contributed by atoms with E-state index in [0.717, 1.165) is 24.8 Å². The Hall–Kier alpha value is -2.07. The summed E-state index contributed by atoms with van der Waals surface area (Å²) >= 11 is 0. The highest BCUT2D eigenvalue weighted by Gasteiger charge is 2.31. The van der Waals surface area contributed by atoms with Gasteiger partial charge in [0.1, 0.15) is 0 Å². The lowest BCUT2D eigenvalue weighted by molar-refractivity contribution is 0.460. The van der Waals surface area contributed by atoms with Crippen molar-refractivity contribution in [3.8, 4) is 0 Å². The fourth-order valence-corrected chi connectivity index (χ4v) is 4.73.